The van der Waals surface area contributed by atoms with Crippen LogP contribution in [0.4, 0.5) is 0 Å². The minimum atomic E-state index is -0.537. The molecule has 0 N–H and O–H groups in total. The van der Waals surface area contributed by atoms with Crippen molar-refractivity contribution in [1.29, 1.82) is 0 Å². The fraction of sp³-hybridized carbons (Fsp3) is 0.333. The summed E-state index contributed by atoms with van der Waals surface area (Å²) in [4.78, 5) is 27.5. The van der Waals surface area contributed by atoms with E-state index in [0.717, 1.165) is 18.7 Å². The Morgan fingerprint density at radius 3 is 2.48 bits per heavy atom. The van der Waals surface area contributed by atoms with E-state index in [-0.39, 0.29) is 11.4 Å². The monoisotopic (exact) mass is 393 g/mol. The van der Waals surface area contributed by atoms with Crippen LogP contribution in [0.1, 0.15) is 32.3 Å². The van der Waals surface area contributed by atoms with Gasteiger partial charge in [0.2, 0.25) is 0 Å². The summed E-state index contributed by atoms with van der Waals surface area (Å²) in [6.45, 7) is 8.82. The third-order valence-electron chi connectivity index (χ3n) is 5.21. The first-order chi connectivity index (χ1) is 14.0. The average Bonchev–Trinajstić information content (AvgIpc) is 2.76. The van der Waals surface area contributed by atoms with Crippen LogP contribution in [-0.4, -0.2) is 37.1 Å². The number of nitrogens with zero attached hydrogens (tertiary/aromatic N) is 1. The van der Waals surface area contributed by atoms with Gasteiger partial charge < -0.3 is 14.1 Å². The van der Waals surface area contributed by atoms with Crippen molar-refractivity contribution >= 4 is 16.9 Å². The van der Waals surface area contributed by atoms with E-state index in [9.17, 15) is 9.59 Å². The van der Waals surface area contributed by atoms with Crippen LogP contribution in [-0.2, 0) is 9.53 Å². The van der Waals surface area contributed by atoms with Crippen LogP contribution in [0.25, 0.3) is 22.3 Å². The zero-order valence-electron chi connectivity index (χ0n) is 17.2. The van der Waals surface area contributed by atoms with E-state index in [2.05, 4.69) is 18.7 Å². The molecule has 152 valence electrons. The number of carbonyl (C=O) groups is 1. The number of likely N-dealkylation sites (N-methyl/N-ethyl adjacent to an activating group) is 1. The molecule has 0 aliphatic carbocycles. The molecule has 5 heteroatoms. The van der Waals surface area contributed by atoms with E-state index in [0.29, 0.717) is 35.4 Å². The summed E-state index contributed by atoms with van der Waals surface area (Å²) in [5.41, 5.74) is 1.78. The summed E-state index contributed by atoms with van der Waals surface area (Å²) in [7, 11) is 0. The standard InChI is InChI=1S/C24H27NO4/c1-4-25(5-2)14-15-28-24(27)17(3)19-12-9-13-20-21(26)16-22(29-23(19)20)18-10-7-6-8-11-18/h6-13,16-17H,4-5,14-15H2,1-3H3. The highest BCUT2D eigenvalue weighted by Gasteiger charge is 2.22. The van der Waals surface area contributed by atoms with Crippen molar-refractivity contribution in [3.05, 3.63) is 70.4 Å². The molecule has 0 bridgehead atoms. The van der Waals surface area contributed by atoms with E-state index in [4.69, 9.17) is 9.15 Å². The molecule has 0 saturated heterocycles. The van der Waals surface area contributed by atoms with Gasteiger partial charge >= 0.3 is 5.97 Å². The minimum absolute atomic E-state index is 0.131. The zero-order valence-corrected chi connectivity index (χ0v) is 17.2. The predicted octanol–water partition coefficient (Wildman–Crippen LogP) is 4.45. The first-order valence-electron chi connectivity index (χ1n) is 10.1. The van der Waals surface area contributed by atoms with E-state index < -0.39 is 5.92 Å². The normalized spacial score (nSPS) is 12.3. The maximum Gasteiger partial charge on any atom is 0.313 e. The SMILES string of the molecule is CCN(CC)CCOC(=O)C(C)c1cccc2c(=O)cc(-c3ccccc3)oc12. The van der Waals surface area contributed by atoms with Gasteiger partial charge in [0.1, 0.15) is 18.0 Å². The van der Waals surface area contributed by atoms with E-state index in [1.54, 1.807) is 19.1 Å². The largest absolute Gasteiger partial charge is 0.464 e. The van der Waals surface area contributed by atoms with Crippen LogP contribution >= 0.6 is 0 Å². The number of ether oxygens (including phenoxy) is 1. The Hall–Kier alpha value is -2.92. The Labute approximate surface area is 170 Å². The summed E-state index contributed by atoms with van der Waals surface area (Å²) in [5.74, 6) is -0.375. The quantitative estimate of drug-likeness (QED) is 0.529. The van der Waals surface area contributed by atoms with Gasteiger partial charge in [0.25, 0.3) is 0 Å². The fourth-order valence-corrected chi connectivity index (χ4v) is 3.35. The molecule has 3 rings (SSSR count). The van der Waals surface area contributed by atoms with E-state index in [1.165, 1.54) is 6.07 Å². The molecule has 1 heterocycles. The fourth-order valence-electron chi connectivity index (χ4n) is 3.35. The zero-order chi connectivity index (χ0) is 20.8. The number of esters is 1. The molecule has 0 amide bonds. The van der Waals surface area contributed by atoms with Gasteiger partial charge in [-0.3, -0.25) is 9.59 Å². The molecule has 3 aromatic rings. The Kier molecular flexibility index (Phi) is 6.83. The first-order valence-corrected chi connectivity index (χ1v) is 10.1. The number of para-hydroxylation sites is 1. The number of rotatable bonds is 8. The van der Waals surface area contributed by atoms with Crippen LogP contribution in [0.2, 0.25) is 0 Å². The van der Waals surface area contributed by atoms with Gasteiger partial charge in [-0.15, -0.1) is 0 Å². The van der Waals surface area contributed by atoms with Crippen LogP contribution in [0.15, 0.2) is 63.8 Å². The lowest BCUT2D eigenvalue weighted by atomic mass is 9.98. The van der Waals surface area contributed by atoms with Crippen molar-refractivity contribution in [2.45, 2.75) is 26.7 Å². The number of fused-ring (bicyclic) bond motifs is 1. The Bertz CT molecular complexity index is 1020. The lowest BCUT2D eigenvalue weighted by molar-refractivity contribution is -0.145. The highest BCUT2D eigenvalue weighted by atomic mass is 16.5. The van der Waals surface area contributed by atoms with Gasteiger partial charge in [-0.1, -0.05) is 56.3 Å². The van der Waals surface area contributed by atoms with Crippen molar-refractivity contribution in [3.8, 4) is 11.3 Å². The van der Waals surface area contributed by atoms with Gasteiger partial charge in [0.05, 0.1) is 11.3 Å². The summed E-state index contributed by atoms with van der Waals surface area (Å²) >= 11 is 0. The van der Waals surface area contributed by atoms with Gasteiger partial charge in [-0.25, -0.2) is 0 Å². The summed E-state index contributed by atoms with van der Waals surface area (Å²) in [6, 6.07) is 16.3. The number of hydrogen-bond donors (Lipinski definition) is 0. The second-order valence-electron chi connectivity index (χ2n) is 6.98. The number of hydrogen-bond acceptors (Lipinski definition) is 5. The molecule has 0 saturated carbocycles. The summed E-state index contributed by atoms with van der Waals surface area (Å²) in [6.07, 6.45) is 0. The maximum atomic E-state index is 12.6. The van der Waals surface area contributed by atoms with Crippen LogP contribution in [0, 0.1) is 0 Å². The van der Waals surface area contributed by atoms with Crippen molar-refractivity contribution in [1.82, 2.24) is 4.90 Å². The van der Waals surface area contributed by atoms with Gasteiger partial charge in [0.15, 0.2) is 5.43 Å². The number of carbonyl (C=O) groups excluding carboxylic acids is 1. The molecule has 0 aliphatic rings. The summed E-state index contributed by atoms with van der Waals surface area (Å²) in [5, 5.41) is 0.463. The predicted molar refractivity (Wildman–Crippen MR) is 115 cm³/mol. The molecule has 1 unspecified atom stereocenters. The molecule has 2 aromatic carbocycles. The lowest BCUT2D eigenvalue weighted by Crippen LogP contribution is -2.28. The molecule has 1 aromatic heterocycles. The van der Waals surface area contributed by atoms with Gasteiger partial charge in [0, 0.05) is 23.7 Å². The Morgan fingerprint density at radius 2 is 1.79 bits per heavy atom. The van der Waals surface area contributed by atoms with E-state index >= 15 is 0 Å². The molecule has 1 atom stereocenters. The third-order valence-corrected chi connectivity index (χ3v) is 5.21. The second kappa shape index (κ2) is 9.52. The van der Waals surface area contributed by atoms with Crippen LogP contribution < -0.4 is 5.43 Å². The Morgan fingerprint density at radius 1 is 1.07 bits per heavy atom. The third kappa shape index (κ3) is 4.74. The highest BCUT2D eigenvalue weighted by molar-refractivity contribution is 5.88. The van der Waals surface area contributed by atoms with Gasteiger partial charge in [-0.2, -0.15) is 0 Å². The molecular weight excluding hydrogens is 366 g/mol. The molecule has 0 spiro atoms. The Balaban J connectivity index is 1.89. The first kappa shape index (κ1) is 20.8. The van der Waals surface area contributed by atoms with Crippen molar-refractivity contribution < 1.29 is 13.9 Å². The number of benzene rings is 2. The topological polar surface area (TPSA) is 59.8 Å². The molecule has 5 nitrogen and oxygen atoms in total. The molecule has 0 radical (unpaired) electrons. The smallest absolute Gasteiger partial charge is 0.313 e. The molecule has 0 fully saturated rings. The van der Waals surface area contributed by atoms with Crippen molar-refractivity contribution in [3.63, 3.8) is 0 Å². The maximum absolute atomic E-state index is 12.6. The summed E-state index contributed by atoms with van der Waals surface area (Å²) < 4.78 is 11.6. The highest BCUT2D eigenvalue weighted by Crippen LogP contribution is 2.29. The van der Waals surface area contributed by atoms with Crippen LogP contribution in [0.3, 0.4) is 0 Å². The van der Waals surface area contributed by atoms with E-state index in [1.807, 2.05) is 36.4 Å². The van der Waals surface area contributed by atoms with Crippen molar-refractivity contribution in [2.24, 2.45) is 0 Å². The molecular formula is C24H27NO4. The second-order valence-corrected chi connectivity index (χ2v) is 6.98. The minimum Gasteiger partial charge on any atom is -0.464 e. The van der Waals surface area contributed by atoms with Crippen LogP contribution in [0.5, 0.6) is 0 Å². The average molecular weight is 393 g/mol. The van der Waals surface area contributed by atoms with Crippen molar-refractivity contribution in [2.75, 3.05) is 26.2 Å². The van der Waals surface area contributed by atoms with Gasteiger partial charge in [-0.05, 0) is 26.1 Å². The molecule has 29 heavy (non-hydrogen) atoms. The molecule has 0 aliphatic heterocycles. The lowest BCUT2D eigenvalue weighted by Gasteiger charge is -2.19.